The van der Waals surface area contributed by atoms with Crippen molar-refractivity contribution < 1.29 is 14.6 Å². The Hall–Kier alpha value is -1.86. The molecule has 4 heteroatoms. The Morgan fingerprint density at radius 1 is 1.44 bits per heavy atom. The first-order valence-electron chi connectivity index (χ1n) is 5.71. The van der Waals surface area contributed by atoms with E-state index in [1.54, 1.807) is 12.1 Å². The van der Waals surface area contributed by atoms with Gasteiger partial charge in [0.1, 0.15) is 11.3 Å². The van der Waals surface area contributed by atoms with Crippen molar-refractivity contribution in [2.45, 2.75) is 32.8 Å². The molecule has 0 unspecified atom stereocenters. The van der Waals surface area contributed by atoms with Gasteiger partial charge in [0.05, 0.1) is 12.2 Å². The molecular weight excluding hydrogens is 230 g/mol. The van der Waals surface area contributed by atoms with Gasteiger partial charge in [-0.25, -0.2) is 9.78 Å². The molecule has 0 atom stereocenters. The molecule has 0 aliphatic carbocycles. The highest BCUT2D eigenvalue weighted by Gasteiger charge is 2.17. The number of nitrogens with zero attached hydrogens (tertiary/aromatic N) is 1. The fourth-order valence-corrected chi connectivity index (χ4v) is 1.13. The zero-order valence-corrected chi connectivity index (χ0v) is 10.9. The number of aliphatic hydroxyl groups is 1. The average Bonchev–Trinajstić information content (AvgIpc) is 2.28. The highest BCUT2D eigenvalue weighted by Crippen LogP contribution is 2.11. The van der Waals surface area contributed by atoms with Gasteiger partial charge in [-0.2, -0.15) is 0 Å². The van der Waals surface area contributed by atoms with E-state index in [0.29, 0.717) is 17.7 Å². The van der Waals surface area contributed by atoms with Crippen LogP contribution in [0.5, 0.6) is 0 Å². The summed E-state index contributed by atoms with van der Waals surface area (Å²) in [5.74, 6) is 5.15. The van der Waals surface area contributed by atoms with Gasteiger partial charge >= 0.3 is 5.97 Å². The lowest BCUT2D eigenvalue weighted by Gasteiger charge is -2.19. The van der Waals surface area contributed by atoms with E-state index < -0.39 is 11.6 Å². The zero-order chi connectivity index (χ0) is 13.6. The van der Waals surface area contributed by atoms with Crippen molar-refractivity contribution in [1.29, 1.82) is 0 Å². The molecule has 0 amide bonds. The molecule has 96 valence electrons. The molecule has 1 heterocycles. The van der Waals surface area contributed by atoms with Gasteiger partial charge in [-0.3, -0.25) is 0 Å². The van der Waals surface area contributed by atoms with Crippen molar-refractivity contribution in [3.05, 3.63) is 29.6 Å². The molecule has 0 radical (unpaired) electrons. The van der Waals surface area contributed by atoms with Gasteiger partial charge < -0.3 is 9.84 Å². The van der Waals surface area contributed by atoms with Gasteiger partial charge in [0.2, 0.25) is 0 Å². The van der Waals surface area contributed by atoms with Crippen LogP contribution in [0, 0.1) is 11.8 Å². The number of esters is 1. The van der Waals surface area contributed by atoms with Crippen LogP contribution in [0.25, 0.3) is 0 Å². The number of aliphatic hydroxyl groups excluding tert-OH is 1. The summed E-state index contributed by atoms with van der Waals surface area (Å²) in [5.41, 5.74) is 0.449. The lowest BCUT2D eigenvalue weighted by Crippen LogP contribution is -2.23. The number of ether oxygens (including phenoxy) is 1. The van der Waals surface area contributed by atoms with Crippen LogP contribution in [-0.4, -0.2) is 28.3 Å². The van der Waals surface area contributed by atoms with Crippen LogP contribution in [0.4, 0.5) is 0 Å². The van der Waals surface area contributed by atoms with Crippen molar-refractivity contribution in [2.75, 3.05) is 6.61 Å². The second-order valence-electron chi connectivity index (χ2n) is 4.71. The maximum absolute atomic E-state index is 11.7. The molecule has 0 aliphatic rings. The van der Waals surface area contributed by atoms with E-state index in [0.717, 1.165) is 0 Å². The number of hydrogen-bond acceptors (Lipinski definition) is 4. The Bertz CT molecular complexity index is 461. The topological polar surface area (TPSA) is 59.4 Å². The number of pyridine rings is 1. The lowest BCUT2D eigenvalue weighted by atomic mass is 10.2. The van der Waals surface area contributed by atoms with Crippen molar-refractivity contribution in [3.63, 3.8) is 0 Å². The van der Waals surface area contributed by atoms with Crippen LogP contribution < -0.4 is 0 Å². The first-order chi connectivity index (χ1) is 8.42. The molecular formula is C14H17NO3. The smallest absolute Gasteiger partial charge is 0.340 e. The number of carbonyl (C=O) groups excluding carboxylic acids is 1. The van der Waals surface area contributed by atoms with Crippen LogP contribution in [0.2, 0.25) is 0 Å². The van der Waals surface area contributed by atoms with Gasteiger partial charge in [0.25, 0.3) is 0 Å². The molecule has 0 aromatic carbocycles. The Morgan fingerprint density at radius 2 is 2.17 bits per heavy atom. The first-order valence-corrected chi connectivity index (χ1v) is 5.71. The highest BCUT2D eigenvalue weighted by atomic mass is 16.6. The van der Waals surface area contributed by atoms with Gasteiger partial charge in [-0.1, -0.05) is 5.92 Å². The summed E-state index contributed by atoms with van der Waals surface area (Å²) in [4.78, 5) is 15.7. The molecule has 0 saturated heterocycles. The molecule has 1 N–H and O–H groups in total. The number of rotatable bonds is 2. The standard InChI is InChI=1S/C14H17NO3/c1-14(2,3)18-13(17)11-7-8-12(15-10-11)6-4-5-9-16/h7-8,10,16H,5,9H2,1-3H3. The molecule has 1 aromatic heterocycles. The largest absolute Gasteiger partial charge is 0.456 e. The predicted octanol–water partition coefficient (Wildman–Crippen LogP) is 1.77. The second-order valence-corrected chi connectivity index (χ2v) is 4.71. The summed E-state index contributed by atoms with van der Waals surface area (Å²) in [6.45, 7) is 5.47. The summed E-state index contributed by atoms with van der Waals surface area (Å²) in [7, 11) is 0. The molecule has 4 nitrogen and oxygen atoms in total. The summed E-state index contributed by atoms with van der Waals surface area (Å²) in [6, 6.07) is 3.29. The van der Waals surface area contributed by atoms with Gasteiger partial charge in [0, 0.05) is 12.6 Å². The number of aromatic nitrogens is 1. The third-order valence-electron chi connectivity index (χ3n) is 1.85. The molecule has 0 bridgehead atoms. The van der Waals surface area contributed by atoms with E-state index in [4.69, 9.17) is 9.84 Å². The molecule has 0 aliphatic heterocycles. The van der Waals surface area contributed by atoms with E-state index in [1.165, 1.54) is 6.20 Å². The quantitative estimate of drug-likeness (QED) is 0.639. The van der Waals surface area contributed by atoms with Crippen LogP contribution in [0.1, 0.15) is 43.2 Å². The van der Waals surface area contributed by atoms with Gasteiger partial charge in [-0.15, -0.1) is 0 Å². The van der Waals surface area contributed by atoms with E-state index in [2.05, 4.69) is 16.8 Å². The highest BCUT2D eigenvalue weighted by molar-refractivity contribution is 5.89. The maximum Gasteiger partial charge on any atom is 0.340 e. The Kier molecular flexibility index (Phi) is 4.87. The molecule has 1 rings (SSSR count). The Morgan fingerprint density at radius 3 is 2.67 bits per heavy atom. The minimum atomic E-state index is -0.517. The number of hydrogen-bond donors (Lipinski definition) is 1. The monoisotopic (exact) mass is 247 g/mol. The molecule has 1 aromatic rings. The van der Waals surface area contributed by atoms with Crippen LogP contribution in [0.15, 0.2) is 18.3 Å². The predicted molar refractivity (Wildman–Crippen MR) is 68.0 cm³/mol. The van der Waals surface area contributed by atoms with Crippen LogP contribution in [0.3, 0.4) is 0 Å². The van der Waals surface area contributed by atoms with Gasteiger partial charge in [-0.05, 0) is 38.8 Å². The van der Waals surface area contributed by atoms with E-state index >= 15 is 0 Å². The zero-order valence-electron chi connectivity index (χ0n) is 10.9. The van der Waals surface area contributed by atoms with E-state index in [-0.39, 0.29) is 6.61 Å². The van der Waals surface area contributed by atoms with Crippen molar-refractivity contribution in [3.8, 4) is 11.8 Å². The summed E-state index contributed by atoms with van der Waals surface area (Å²) in [6.07, 6.45) is 1.85. The summed E-state index contributed by atoms with van der Waals surface area (Å²) < 4.78 is 5.21. The van der Waals surface area contributed by atoms with Gasteiger partial charge in [0.15, 0.2) is 0 Å². The normalized spacial score (nSPS) is 10.4. The SMILES string of the molecule is CC(C)(C)OC(=O)c1ccc(C#CCCO)nc1. The van der Waals surface area contributed by atoms with Crippen molar-refractivity contribution in [1.82, 2.24) is 4.98 Å². The lowest BCUT2D eigenvalue weighted by molar-refractivity contribution is 0.00691. The third kappa shape index (κ3) is 4.98. The number of carbonyl (C=O) groups is 1. The Labute approximate surface area is 107 Å². The first kappa shape index (κ1) is 14.2. The molecule has 0 fully saturated rings. The minimum absolute atomic E-state index is 0.0307. The Balaban J connectivity index is 2.72. The molecule has 18 heavy (non-hydrogen) atoms. The molecule has 0 spiro atoms. The summed E-state index contributed by atoms with van der Waals surface area (Å²) >= 11 is 0. The third-order valence-corrected chi connectivity index (χ3v) is 1.85. The fourth-order valence-electron chi connectivity index (χ4n) is 1.13. The van der Waals surface area contributed by atoms with Crippen LogP contribution in [-0.2, 0) is 4.74 Å². The fraction of sp³-hybridized carbons (Fsp3) is 0.429. The minimum Gasteiger partial charge on any atom is -0.456 e. The van der Waals surface area contributed by atoms with Crippen molar-refractivity contribution in [2.24, 2.45) is 0 Å². The van der Waals surface area contributed by atoms with E-state index in [9.17, 15) is 4.79 Å². The van der Waals surface area contributed by atoms with Crippen LogP contribution >= 0.6 is 0 Å². The average molecular weight is 247 g/mol. The maximum atomic E-state index is 11.7. The second kappa shape index (κ2) is 6.18. The molecule has 0 saturated carbocycles. The summed E-state index contributed by atoms with van der Waals surface area (Å²) in [5, 5.41) is 8.59. The van der Waals surface area contributed by atoms with Crippen molar-refractivity contribution >= 4 is 5.97 Å². The van der Waals surface area contributed by atoms with E-state index in [1.807, 2.05) is 20.8 Å².